The highest BCUT2D eigenvalue weighted by atomic mass is 19.4. The van der Waals surface area contributed by atoms with E-state index >= 15 is 0 Å². The molecule has 3 N–H and O–H groups in total. The molecule has 3 rings (SSSR count). The number of hydrogen-bond acceptors (Lipinski definition) is 5. The summed E-state index contributed by atoms with van der Waals surface area (Å²) >= 11 is 0. The third-order valence-electron chi connectivity index (χ3n) is 4.82. The Morgan fingerprint density at radius 2 is 1.75 bits per heavy atom. The maximum Gasteiger partial charge on any atom is 0.416 e. The Balaban J connectivity index is 1.91. The molecule has 0 spiro atoms. The van der Waals surface area contributed by atoms with E-state index in [4.69, 9.17) is 9.47 Å². The van der Waals surface area contributed by atoms with Crippen LogP contribution in [0.1, 0.15) is 12.5 Å². The van der Waals surface area contributed by atoms with Crippen LogP contribution in [0.15, 0.2) is 48.5 Å². The van der Waals surface area contributed by atoms with Gasteiger partial charge in [0.15, 0.2) is 0 Å². The molecule has 1 saturated heterocycles. The number of para-hydroxylation sites is 1. The average molecular weight is 398 g/mol. The van der Waals surface area contributed by atoms with Crippen molar-refractivity contribution in [1.82, 2.24) is 0 Å². The van der Waals surface area contributed by atoms with E-state index in [9.17, 15) is 28.5 Å². The summed E-state index contributed by atoms with van der Waals surface area (Å²) in [5.74, 6) is -0.369. The predicted octanol–water partition coefficient (Wildman–Crippen LogP) is 2.83. The zero-order valence-electron chi connectivity index (χ0n) is 15.0. The molecule has 0 radical (unpaired) electrons. The Morgan fingerprint density at radius 3 is 2.43 bits per heavy atom. The van der Waals surface area contributed by atoms with Crippen molar-refractivity contribution >= 4 is 0 Å². The first-order valence-corrected chi connectivity index (χ1v) is 8.78. The van der Waals surface area contributed by atoms with Crippen molar-refractivity contribution in [1.29, 1.82) is 0 Å². The van der Waals surface area contributed by atoms with E-state index in [0.717, 1.165) is 12.1 Å². The summed E-state index contributed by atoms with van der Waals surface area (Å²) in [5.41, 5.74) is -0.0419. The van der Waals surface area contributed by atoms with Crippen LogP contribution in [0, 0.1) is 5.92 Å². The van der Waals surface area contributed by atoms with Crippen molar-refractivity contribution < 1.29 is 38.0 Å². The number of aliphatic hydroxyl groups is 3. The third-order valence-corrected chi connectivity index (χ3v) is 4.82. The number of ether oxygens (including phenoxy) is 2. The number of alkyl halides is 3. The van der Waals surface area contributed by atoms with Gasteiger partial charge in [0.05, 0.1) is 18.3 Å². The molecule has 0 bridgehead atoms. The lowest BCUT2D eigenvalue weighted by Crippen LogP contribution is -2.56. The molecule has 0 amide bonds. The molecular formula is C20H21F3O5. The highest BCUT2D eigenvalue weighted by molar-refractivity contribution is 5.71. The van der Waals surface area contributed by atoms with Gasteiger partial charge >= 0.3 is 6.18 Å². The van der Waals surface area contributed by atoms with Gasteiger partial charge in [-0.1, -0.05) is 37.3 Å². The number of halogens is 3. The van der Waals surface area contributed by atoms with Crippen LogP contribution in [-0.4, -0.2) is 46.5 Å². The molecule has 2 aromatic carbocycles. The molecule has 1 aliphatic rings. The first kappa shape index (κ1) is 20.6. The van der Waals surface area contributed by atoms with Gasteiger partial charge in [0.1, 0.15) is 18.0 Å². The predicted molar refractivity (Wildman–Crippen MR) is 94.4 cm³/mol. The summed E-state index contributed by atoms with van der Waals surface area (Å²) in [5, 5.41) is 29.4. The minimum atomic E-state index is -4.47. The monoisotopic (exact) mass is 398 g/mol. The average Bonchev–Trinajstić information content (AvgIpc) is 2.68. The topological polar surface area (TPSA) is 79.2 Å². The third kappa shape index (κ3) is 4.15. The smallest absolute Gasteiger partial charge is 0.416 e. The molecule has 8 heteroatoms. The molecule has 1 fully saturated rings. The highest BCUT2D eigenvalue weighted by Crippen LogP contribution is 2.37. The second kappa shape index (κ2) is 8.08. The van der Waals surface area contributed by atoms with Crippen LogP contribution >= 0.6 is 0 Å². The molecule has 2 unspecified atom stereocenters. The van der Waals surface area contributed by atoms with Crippen molar-refractivity contribution in [3.05, 3.63) is 54.1 Å². The zero-order chi connectivity index (χ0) is 20.5. The number of hydrogen-bond donors (Lipinski definition) is 3. The summed E-state index contributed by atoms with van der Waals surface area (Å²) in [6, 6.07) is 11.4. The highest BCUT2D eigenvalue weighted by Gasteiger charge is 2.43. The lowest BCUT2D eigenvalue weighted by atomic mass is 9.92. The van der Waals surface area contributed by atoms with Crippen LogP contribution < -0.4 is 4.74 Å². The Hall–Kier alpha value is -2.13. The van der Waals surface area contributed by atoms with Gasteiger partial charge in [0.2, 0.25) is 6.29 Å². The molecule has 2 aromatic rings. The summed E-state index contributed by atoms with van der Waals surface area (Å²) < 4.78 is 50.5. The number of aliphatic hydroxyl groups excluding tert-OH is 3. The summed E-state index contributed by atoms with van der Waals surface area (Å²) in [7, 11) is 0. The van der Waals surface area contributed by atoms with Crippen LogP contribution in [-0.2, 0) is 10.9 Å². The van der Waals surface area contributed by atoms with E-state index in [0.29, 0.717) is 11.1 Å². The molecule has 0 aliphatic carbocycles. The van der Waals surface area contributed by atoms with Crippen LogP contribution in [0.5, 0.6) is 5.75 Å². The van der Waals surface area contributed by atoms with Gasteiger partial charge in [-0.05, 0) is 23.8 Å². The molecule has 1 heterocycles. The fraction of sp³-hybridized carbons (Fsp3) is 0.400. The second-order valence-electron chi connectivity index (χ2n) is 6.76. The molecule has 1 aliphatic heterocycles. The van der Waals surface area contributed by atoms with E-state index in [-0.39, 0.29) is 5.75 Å². The van der Waals surface area contributed by atoms with Gasteiger partial charge in [-0.15, -0.1) is 0 Å². The quantitative estimate of drug-likeness (QED) is 0.738. The Labute approximate surface area is 160 Å². The van der Waals surface area contributed by atoms with Crippen LogP contribution in [0.25, 0.3) is 11.1 Å². The van der Waals surface area contributed by atoms with Gasteiger partial charge in [-0.3, -0.25) is 0 Å². The maximum atomic E-state index is 13.0. The first-order chi connectivity index (χ1) is 13.2. The summed E-state index contributed by atoms with van der Waals surface area (Å²) in [6.45, 7) is 1.10. The lowest BCUT2D eigenvalue weighted by molar-refractivity contribution is -0.256. The van der Waals surface area contributed by atoms with Crippen molar-refractivity contribution in [2.75, 3.05) is 6.61 Å². The molecule has 0 aromatic heterocycles. The van der Waals surface area contributed by atoms with E-state index in [2.05, 4.69) is 0 Å². The molecule has 0 saturated carbocycles. The molecular weight excluding hydrogens is 377 g/mol. The van der Waals surface area contributed by atoms with E-state index in [1.165, 1.54) is 12.1 Å². The molecule has 5 atom stereocenters. The van der Waals surface area contributed by atoms with Crippen molar-refractivity contribution in [2.45, 2.75) is 37.7 Å². The molecule has 28 heavy (non-hydrogen) atoms. The van der Waals surface area contributed by atoms with E-state index in [1.807, 2.05) is 0 Å². The molecule has 5 nitrogen and oxygen atoms in total. The van der Waals surface area contributed by atoms with Crippen LogP contribution in [0.4, 0.5) is 13.2 Å². The normalized spacial score (nSPS) is 28.2. The van der Waals surface area contributed by atoms with E-state index in [1.54, 1.807) is 31.2 Å². The van der Waals surface area contributed by atoms with Gasteiger partial charge in [-0.2, -0.15) is 13.2 Å². The lowest BCUT2D eigenvalue weighted by Gasteiger charge is -2.40. The maximum absolute atomic E-state index is 13.0. The first-order valence-electron chi connectivity index (χ1n) is 8.78. The van der Waals surface area contributed by atoms with Gasteiger partial charge in [0, 0.05) is 11.5 Å². The number of rotatable bonds is 4. The van der Waals surface area contributed by atoms with Gasteiger partial charge < -0.3 is 24.8 Å². The standard InChI is InChI=1S/C20H21F3O5/c1-11-17(25)18(26)16(10-24)28-19(11)27-15-8-3-2-7-14(15)12-5-4-6-13(9-12)20(21,22)23/h2-9,11,16-19,24-26H,10H2,1H3/t11?,16?,17-,18+,19-/m1/s1. The van der Waals surface area contributed by atoms with E-state index < -0.39 is 48.9 Å². The minimum Gasteiger partial charge on any atom is -0.464 e. The fourth-order valence-electron chi connectivity index (χ4n) is 3.15. The fourth-order valence-corrected chi connectivity index (χ4v) is 3.15. The second-order valence-corrected chi connectivity index (χ2v) is 6.76. The van der Waals surface area contributed by atoms with Crippen molar-refractivity contribution in [3.63, 3.8) is 0 Å². The Morgan fingerprint density at radius 1 is 1.04 bits per heavy atom. The summed E-state index contributed by atoms with van der Waals surface area (Å²) in [4.78, 5) is 0. The van der Waals surface area contributed by atoms with Crippen LogP contribution in [0.2, 0.25) is 0 Å². The number of benzene rings is 2. The van der Waals surface area contributed by atoms with Crippen molar-refractivity contribution in [3.8, 4) is 16.9 Å². The van der Waals surface area contributed by atoms with Gasteiger partial charge in [0.25, 0.3) is 0 Å². The Kier molecular flexibility index (Phi) is 5.95. The van der Waals surface area contributed by atoms with Crippen molar-refractivity contribution in [2.24, 2.45) is 5.92 Å². The zero-order valence-corrected chi connectivity index (χ0v) is 15.0. The largest absolute Gasteiger partial charge is 0.464 e. The van der Waals surface area contributed by atoms with Gasteiger partial charge in [-0.25, -0.2) is 0 Å². The van der Waals surface area contributed by atoms with Crippen LogP contribution in [0.3, 0.4) is 0 Å². The summed E-state index contributed by atoms with van der Waals surface area (Å²) in [6.07, 6.45) is -8.95. The Bertz CT molecular complexity index is 808. The molecule has 152 valence electrons. The minimum absolute atomic E-state index is 0.263. The SMILES string of the molecule is CC1[C@H](Oc2ccccc2-c2cccc(C(F)(F)F)c2)OC(CO)[C@H](O)[C@@H]1O.